The molecule has 0 atom stereocenters. The highest BCUT2D eigenvalue weighted by Crippen LogP contribution is 2.18. The molecule has 15 heavy (non-hydrogen) atoms. The van der Waals surface area contributed by atoms with E-state index >= 15 is 0 Å². The van der Waals surface area contributed by atoms with Gasteiger partial charge in [0.25, 0.3) is 0 Å². The second kappa shape index (κ2) is 5.73. The Kier molecular flexibility index (Phi) is 4.59. The zero-order valence-corrected chi connectivity index (χ0v) is 9.61. The van der Waals surface area contributed by atoms with Crippen molar-refractivity contribution in [3.63, 3.8) is 0 Å². The SMILES string of the molecule is CCN(CC)C(=O)C1CCN(C=O)CC1. The van der Waals surface area contributed by atoms with E-state index in [1.165, 1.54) is 0 Å². The first-order valence-electron chi connectivity index (χ1n) is 5.71. The molecule has 1 aliphatic heterocycles. The molecule has 0 unspecified atom stereocenters. The summed E-state index contributed by atoms with van der Waals surface area (Å²) in [5.41, 5.74) is 0. The maximum absolute atomic E-state index is 12.0. The monoisotopic (exact) mass is 212 g/mol. The van der Waals surface area contributed by atoms with Crippen molar-refractivity contribution in [3.05, 3.63) is 0 Å². The number of likely N-dealkylation sites (tertiary alicyclic amines) is 1. The third-order valence-corrected chi connectivity index (χ3v) is 3.10. The van der Waals surface area contributed by atoms with Gasteiger partial charge in [0.05, 0.1) is 0 Å². The number of hydrogen-bond donors (Lipinski definition) is 0. The molecule has 1 rings (SSSR count). The number of hydrogen-bond acceptors (Lipinski definition) is 2. The predicted molar refractivity (Wildman–Crippen MR) is 58.3 cm³/mol. The molecule has 0 radical (unpaired) electrons. The Hall–Kier alpha value is -1.06. The van der Waals surface area contributed by atoms with Crippen LogP contribution in [0.3, 0.4) is 0 Å². The highest BCUT2D eigenvalue weighted by molar-refractivity contribution is 5.79. The average Bonchev–Trinajstić information content (AvgIpc) is 2.30. The summed E-state index contributed by atoms with van der Waals surface area (Å²) >= 11 is 0. The van der Waals surface area contributed by atoms with Crippen molar-refractivity contribution >= 4 is 12.3 Å². The Bertz CT molecular complexity index is 219. The molecule has 1 heterocycles. The number of piperidine rings is 1. The topological polar surface area (TPSA) is 40.6 Å². The molecule has 0 aromatic rings. The van der Waals surface area contributed by atoms with Gasteiger partial charge >= 0.3 is 0 Å². The third-order valence-electron chi connectivity index (χ3n) is 3.10. The smallest absolute Gasteiger partial charge is 0.225 e. The molecule has 0 aliphatic carbocycles. The molecule has 1 saturated heterocycles. The van der Waals surface area contributed by atoms with Crippen molar-refractivity contribution in [1.82, 2.24) is 9.80 Å². The summed E-state index contributed by atoms with van der Waals surface area (Å²) < 4.78 is 0. The molecule has 2 amide bonds. The Morgan fingerprint density at radius 3 is 2.27 bits per heavy atom. The Balaban J connectivity index is 2.45. The number of nitrogens with zero attached hydrogens (tertiary/aromatic N) is 2. The van der Waals surface area contributed by atoms with E-state index in [1.54, 1.807) is 4.90 Å². The summed E-state index contributed by atoms with van der Waals surface area (Å²) in [5, 5.41) is 0. The van der Waals surface area contributed by atoms with Crippen LogP contribution in [-0.4, -0.2) is 48.3 Å². The minimum atomic E-state index is 0.126. The van der Waals surface area contributed by atoms with Crippen LogP contribution >= 0.6 is 0 Å². The summed E-state index contributed by atoms with van der Waals surface area (Å²) in [6, 6.07) is 0. The van der Waals surface area contributed by atoms with Crippen molar-refractivity contribution in [1.29, 1.82) is 0 Å². The summed E-state index contributed by atoms with van der Waals surface area (Å²) in [6.45, 7) is 7.01. The molecule has 0 spiro atoms. The van der Waals surface area contributed by atoms with E-state index in [1.807, 2.05) is 18.7 Å². The van der Waals surface area contributed by atoms with Gasteiger partial charge in [-0.25, -0.2) is 0 Å². The van der Waals surface area contributed by atoms with Gasteiger partial charge in [0.1, 0.15) is 0 Å². The van der Waals surface area contributed by atoms with Gasteiger partial charge < -0.3 is 9.80 Å². The van der Waals surface area contributed by atoms with Crippen molar-refractivity contribution in [2.24, 2.45) is 5.92 Å². The maximum atomic E-state index is 12.0. The lowest BCUT2D eigenvalue weighted by atomic mass is 9.95. The Morgan fingerprint density at radius 1 is 1.33 bits per heavy atom. The largest absolute Gasteiger partial charge is 0.345 e. The highest BCUT2D eigenvalue weighted by atomic mass is 16.2. The van der Waals surface area contributed by atoms with Gasteiger partial charge in [-0.2, -0.15) is 0 Å². The van der Waals surface area contributed by atoms with Gasteiger partial charge in [0.2, 0.25) is 12.3 Å². The lowest BCUT2D eigenvalue weighted by Crippen LogP contribution is -2.42. The predicted octanol–water partition coefficient (Wildman–Crippen LogP) is 0.723. The number of rotatable bonds is 4. The lowest BCUT2D eigenvalue weighted by molar-refractivity contribution is -0.137. The fourth-order valence-corrected chi connectivity index (χ4v) is 2.05. The van der Waals surface area contributed by atoms with E-state index in [4.69, 9.17) is 0 Å². The molecular formula is C11H20N2O2. The maximum Gasteiger partial charge on any atom is 0.225 e. The summed E-state index contributed by atoms with van der Waals surface area (Å²) in [5.74, 6) is 0.381. The number of amides is 2. The molecule has 0 N–H and O–H groups in total. The van der Waals surface area contributed by atoms with Gasteiger partial charge in [-0.15, -0.1) is 0 Å². The fourth-order valence-electron chi connectivity index (χ4n) is 2.05. The normalized spacial score (nSPS) is 17.6. The fraction of sp³-hybridized carbons (Fsp3) is 0.818. The first-order valence-corrected chi connectivity index (χ1v) is 5.71. The Labute approximate surface area is 91.2 Å². The summed E-state index contributed by atoms with van der Waals surface area (Å²) in [6.07, 6.45) is 2.50. The van der Waals surface area contributed by atoms with Crippen LogP contribution in [0.2, 0.25) is 0 Å². The van der Waals surface area contributed by atoms with Gasteiger partial charge in [-0.1, -0.05) is 0 Å². The number of carbonyl (C=O) groups is 2. The first kappa shape index (κ1) is 12.0. The molecule has 4 nitrogen and oxygen atoms in total. The summed E-state index contributed by atoms with van der Waals surface area (Å²) in [7, 11) is 0. The quantitative estimate of drug-likeness (QED) is 0.644. The molecule has 4 heteroatoms. The second-order valence-electron chi connectivity index (χ2n) is 3.93. The zero-order chi connectivity index (χ0) is 11.3. The molecular weight excluding hydrogens is 192 g/mol. The second-order valence-corrected chi connectivity index (χ2v) is 3.93. The van der Waals surface area contributed by atoms with Crippen LogP contribution in [0.4, 0.5) is 0 Å². The van der Waals surface area contributed by atoms with E-state index in [9.17, 15) is 9.59 Å². The van der Waals surface area contributed by atoms with Crippen LogP contribution in [0.15, 0.2) is 0 Å². The summed E-state index contributed by atoms with van der Waals surface area (Å²) in [4.78, 5) is 26.1. The standard InChI is InChI=1S/C11H20N2O2/c1-3-13(4-2)11(15)10-5-7-12(9-14)8-6-10/h9-10H,3-8H2,1-2H3. The minimum Gasteiger partial charge on any atom is -0.345 e. The van der Waals surface area contributed by atoms with Gasteiger partial charge in [-0.05, 0) is 26.7 Å². The van der Waals surface area contributed by atoms with Crippen LogP contribution in [0.1, 0.15) is 26.7 Å². The van der Waals surface area contributed by atoms with Crippen LogP contribution in [-0.2, 0) is 9.59 Å². The van der Waals surface area contributed by atoms with Crippen LogP contribution in [0.25, 0.3) is 0 Å². The minimum absolute atomic E-state index is 0.126. The Morgan fingerprint density at radius 2 is 1.87 bits per heavy atom. The van der Waals surface area contributed by atoms with E-state index in [0.717, 1.165) is 45.4 Å². The molecule has 0 aromatic heterocycles. The molecule has 0 saturated carbocycles. The van der Waals surface area contributed by atoms with Gasteiger partial charge in [0, 0.05) is 32.1 Å². The molecule has 0 aromatic carbocycles. The van der Waals surface area contributed by atoms with E-state index in [0.29, 0.717) is 0 Å². The molecule has 0 bridgehead atoms. The molecule has 1 aliphatic rings. The molecule has 1 fully saturated rings. The van der Waals surface area contributed by atoms with Crippen molar-refractivity contribution < 1.29 is 9.59 Å². The third kappa shape index (κ3) is 2.94. The van der Waals surface area contributed by atoms with Gasteiger partial charge in [-0.3, -0.25) is 9.59 Å². The molecule has 86 valence electrons. The van der Waals surface area contributed by atoms with Crippen LogP contribution < -0.4 is 0 Å². The first-order chi connectivity index (χ1) is 7.22. The van der Waals surface area contributed by atoms with E-state index in [-0.39, 0.29) is 11.8 Å². The van der Waals surface area contributed by atoms with Gasteiger partial charge in [0.15, 0.2) is 0 Å². The number of carbonyl (C=O) groups excluding carboxylic acids is 2. The van der Waals surface area contributed by atoms with Crippen molar-refractivity contribution in [2.75, 3.05) is 26.2 Å². The zero-order valence-electron chi connectivity index (χ0n) is 9.61. The van der Waals surface area contributed by atoms with Crippen LogP contribution in [0, 0.1) is 5.92 Å². The lowest BCUT2D eigenvalue weighted by Gasteiger charge is -2.31. The van der Waals surface area contributed by atoms with Crippen LogP contribution in [0.5, 0.6) is 0 Å². The van der Waals surface area contributed by atoms with E-state index < -0.39 is 0 Å². The van der Waals surface area contributed by atoms with Crippen molar-refractivity contribution in [2.45, 2.75) is 26.7 Å². The van der Waals surface area contributed by atoms with E-state index in [2.05, 4.69) is 0 Å². The highest BCUT2D eigenvalue weighted by Gasteiger charge is 2.26. The van der Waals surface area contributed by atoms with Crippen molar-refractivity contribution in [3.8, 4) is 0 Å². The average molecular weight is 212 g/mol.